The van der Waals surface area contributed by atoms with Crippen molar-refractivity contribution in [1.29, 1.82) is 0 Å². The molecule has 0 saturated carbocycles. The van der Waals surface area contributed by atoms with Crippen LogP contribution in [0.15, 0.2) is 29.4 Å². The summed E-state index contributed by atoms with van der Waals surface area (Å²) in [5.74, 6) is 0.145. The van der Waals surface area contributed by atoms with Crippen molar-refractivity contribution in [2.45, 2.75) is 24.9 Å². The van der Waals surface area contributed by atoms with E-state index in [4.69, 9.17) is 10.5 Å². The van der Waals surface area contributed by atoms with E-state index in [1.807, 2.05) is 24.3 Å². The molecule has 2 aromatic rings. The molecular formula is C18H22N4O3S. The zero-order chi connectivity index (χ0) is 18.5. The second-order valence-electron chi connectivity index (χ2n) is 6.13. The van der Waals surface area contributed by atoms with Crippen LogP contribution in [0.5, 0.6) is 0 Å². The van der Waals surface area contributed by atoms with Crippen molar-refractivity contribution < 1.29 is 14.3 Å². The summed E-state index contributed by atoms with van der Waals surface area (Å²) in [6.07, 6.45) is 1.57. The number of hydrogen-bond acceptors (Lipinski definition) is 7. The molecule has 0 radical (unpaired) electrons. The van der Waals surface area contributed by atoms with Crippen LogP contribution in [0.2, 0.25) is 0 Å². The van der Waals surface area contributed by atoms with Crippen molar-refractivity contribution in [2.75, 3.05) is 31.2 Å². The average Bonchev–Trinajstić information content (AvgIpc) is 2.66. The molecule has 2 heterocycles. The number of nitrogens with zero attached hydrogens (tertiary/aromatic N) is 3. The summed E-state index contributed by atoms with van der Waals surface area (Å²) in [6, 6.07) is 7.51. The Labute approximate surface area is 156 Å². The first-order valence-electron chi connectivity index (χ1n) is 8.68. The maximum Gasteiger partial charge on any atom is 0.310 e. The second kappa shape index (κ2) is 8.35. The Hall–Kier alpha value is -2.35. The van der Waals surface area contributed by atoms with Gasteiger partial charge in [0.15, 0.2) is 5.16 Å². The van der Waals surface area contributed by atoms with E-state index in [1.165, 1.54) is 11.8 Å². The molecule has 1 aliphatic rings. The number of esters is 1. The molecule has 2 N–H and O–H groups in total. The van der Waals surface area contributed by atoms with Gasteiger partial charge in [-0.05, 0) is 31.9 Å². The van der Waals surface area contributed by atoms with Crippen LogP contribution in [-0.2, 0) is 14.3 Å². The number of anilines is 1. The Morgan fingerprint density at radius 1 is 1.35 bits per heavy atom. The number of hydrogen-bond donors (Lipinski definition) is 1. The minimum absolute atomic E-state index is 0.0284. The number of fused-ring (bicyclic) bond motifs is 1. The predicted octanol–water partition coefficient (Wildman–Crippen LogP) is 2.11. The molecule has 8 heteroatoms. The van der Waals surface area contributed by atoms with E-state index in [-0.39, 0.29) is 23.5 Å². The van der Waals surface area contributed by atoms with E-state index >= 15 is 0 Å². The molecule has 1 aromatic carbocycles. The van der Waals surface area contributed by atoms with E-state index < -0.39 is 0 Å². The first-order chi connectivity index (χ1) is 12.6. The van der Waals surface area contributed by atoms with Crippen molar-refractivity contribution in [2.24, 2.45) is 5.92 Å². The Kier molecular flexibility index (Phi) is 5.92. The quantitative estimate of drug-likeness (QED) is 0.486. The average molecular weight is 374 g/mol. The van der Waals surface area contributed by atoms with Gasteiger partial charge in [-0.3, -0.25) is 9.59 Å². The highest BCUT2D eigenvalue weighted by Crippen LogP contribution is 2.24. The number of aromatic nitrogens is 2. The number of likely N-dealkylation sites (tertiary alicyclic amines) is 1. The standard InChI is InChI=1S/C18H22N4O3S/c1-2-25-17(24)12-6-5-9-22(10-12)15(23)11-26-18-20-14-8-4-3-7-13(14)16(19)21-18/h3-4,7-8,12H,2,5-6,9-11H2,1H3,(H2,19,20,21). The minimum Gasteiger partial charge on any atom is -0.466 e. The first-order valence-corrected chi connectivity index (χ1v) is 9.66. The van der Waals surface area contributed by atoms with Crippen LogP contribution in [0, 0.1) is 5.92 Å². The lowest BCUT2D eigenvalue weighted by Gasteiger charge is -2.31. The highest BCUT2D eigenvalue weighted by molar-refractivity contribution is 7.99. The molecule has 7 nitrogen and oxygen atoms in total. The van der Waals surface area contributed by atoms with Crippen LogP contribution < -0.4 is 5.73 Å². The van der Waals surface area contributed by atoms with Gasteiger partial charge in [-0.2, -0.15) is 0 Å². The Bertz CT molecular complexity index is 814. The fourth-order valence-corrected chi connectivity index (χ4v) is 3.78. The number of benzene rings is 1. The molecule has 0 spiro atoms. The lowest BCUT2D eigenvalue weighted by Crippen LogP contribution is -2.43. The fourth-order valence-electron chi connectivity index (χ4n) is 3.02. The van der Waals surface area contributed by atoms with Gasteiger partial charge in [0.1, 0.15) is 5.82 Å². The van der Waals surface area contributed by atoms with E-state index in [0.29, 0.717) is 30.7 Å². The third-order valence-electron chi connectivity index (χ3n) is 4.33. The van der Waals surface area contributed by atoms with E-state index in [0.717, 1.165) is 23.7 Å². The van der Waals surface area contributed by atoms with Crippen molar-refractivity contribution >= 4 is 40.4 Å². The smallest absolute Gasteiger partial charge is 0.310 e. The van der Waals surface area contributed by atoms with Crippen LogP contribution in [0.4, 0.5) is 5.82 Å². The molecule has 1 atom stereocenters. The second-order valence-corrected chi connectivity index (χ2v) is 7.07. The molecule has 3 rings (SSSR count). The normalized spacial score (nSPS) is 17.3. The number of nitrogen functional groups attached to an aromatic ring is 1. The molecule has 0 aliphatic carbocycles. The topological polar surface area (TPSA) is 98.4 Å². The highest BCUT2D eigenvalue weighted by atomic mass is 32.2. The van der Waals surface area contributed by atoms with Gasteiger partial charge in [0.05, 0.1) is 23.8 Å². The zero-order valence-electron chi connectivity index (χ0n) is 14.7. The molecule has 138 valence electrons. The number of carbonyl (C=O) groups excluding carboxylic acids is 2. The lowest BCUT2D eigenvalue weighted by atomic mass is 9.98. The van der Waals surface area contributed by atoms with Gasteiger partial charge < -0.3 is 15.4 Å². The SMILES string of the molecule is CCOC(=O)C1CCCN(C(=O)CSc2nc(N)c3ccccc3n2)C1. The maximum absolute atomic E-state index is 12.5. The van der Waals surface area contributed by atoms with Gasteiger partial charge in [-0.15, -0.1) is 0 Å². The molecule has 0 bridgehead atoms. The minimum atomic E-state index is -0.231. The predicted molar refractivity (Wildman–Crippen MR) is 101 cm³/mol. The fraction of sp³-hybridized carbons (Fsp3) is 0.444. The van der Waals surface area contributed by atoms with Crippen LogP contribution in [0.1, 0.15) is 19.8 Å². The monoisotopic (exact) mass is 374 g/mol. The number of nitrogens with two attached hydrogens (primary N) is 1. The molecular weight excluding hydrogens is 352 g/mol. The molecule has 1 aromatic heterocycles. The number of amides is 1. The Morgan fingerprint density at radius 2 is 2.15 bits per heavy atom. The number of para-hydroxylation sites is 1. The van der Waals surface area contributed by atoms with Crippen molar-refractivity contribution in [3.63, 3.8) is 0 Å². The molecule has 1 fully saturated rings. The third-order valence-corrected chi connectivity index (χ3v) is 5.16. The maximum atomic E-state index is 12.5. The van der Waals surface area contributed by atoms with Crippen molar-refractivity contribution in [1.82, 2.24) is 14.9 Å². The van der Waals surface area contributed by atoms with Gasteiger partial charge in [0.25, 0.3) is 0 Å². The third kappa shape index (κ3) is 4.24. The number of carbonyl (C=O) groups is 2. The van der Waals surface area contributed by atoms with E-state index in [2.05, 4.69) is 9.97 Å². The number of piperidine rings is 1. The van der Waals surface area contributed by atoms with Gasteiger partial charge in [-0.1, -0.05) is 23.9 Å². The molecule has 1 unspecified atom stereocenters. The molecule has 1 saturated heterocycles. The summed E-state index contributed by atoms with van der Waals surface area (Å²) in [4.78, 5) is 34.9. The highest BCUT2D eigenvalue weighted by Gasteiger charge is 2.29. The first kappa shape index (κ1) is 18.4. The summed E-state index contributed by atoms with van der Waals surface area (Å²) in [5.41, 5.74) is 6.73. The zero-order valence-corrected chi connectivity index (χ0v) is 15.5. The van der Waals surface area contributed by atoms with Crippen LogP contribution in [0.25, 0.3) is 10.9 Å². The summed E-state index contributed by atoms with van der Waals surface area (Å²) >= 11 is 1.26. The Balaban J connectivity index is 1.61. The van der Waals surface area contributed by atoms with Crippen molar-refractivity contribution in [3.05, 3.63) is 24.3 Å². The van der Waals surface area contributed by atoms with Crippen molar-refractivity contribution in [3.8, 4) is 0 Å². The van der Waals surface area contributed by atoms with Gasteiger partial charge >= 0.3 is 5.97 Å². The number of thioether (sulfide) groups is 1. The number of rotatable bonds is 5. The molecule has 1 aliphatic heterocycles. The summed E-state index contributed by atoms with van der Waals surface area (Å²) < 4.78 is 5.08. The van der Waals surface area contributed by atoms with Crippen LogP contribution in [-0.4, -0.2) is 52.2 Å². The summed E-state index contributed by atoms with van der Waals surface area (Å²) in [7, 11) is 0. The van der Waals surface area contributed by atoms with Gasteiger partial charge in [0, 0.05) is 18.5 Å². The largest absolute Gasteiger partial charge is 0.466 e. The Morgan fingerprint density at radius 3 is 2.96 bits per heavy atom. The lowest BCUT2D eigenvalue weighted by molar-refractivity contribution is -0.151. The van der Waals surface area contributed by atoms with E-state index in [9.17, 15) is 9.59 Å². The van der Waals surface area contributed by atoms with Crippen LogP contribution >= 0.6 is 11.8 Å². The molecule has 26 heavy (non-hydrogen) atoms. The van der Waals surface area contributed by atoms with Crippen LogP contribution in [0.3, 0.4) is 0 Å². The van der Waals surface area contributed by atoms with Gasteiger partial charge in [-0.25, -0.2) is 9.97 Å². The molecule has 1 amide bonds. The summed E-state index contributed by atoms with van der Waals surface area (Å²) in [6.45, 7) is 3.23. The summed E-state index contributed by atoms with van der Waals surface area (Å²) in [5, 5.41) is 1.28. The van der Waals surface area contributed by atoms with E-state index in [1.54, 1.807) is 11.8 Å². The van der Waals surface area contributed by atoms with Gasteiger partial charge in [0.2, 0.25) is 5.91 Å². The number of ether oxygens (including phenoxy) is 1.